The van der Waals surface area contributed by atoms with Crippen molar-refractivity contribution in [3.63, 3.8) is 0 Å². The number of ketones is 1. The van der Waals surface area contributed by atoms with E-state index >= 15 is 0 Å². The molecule has 2 atom stereocenters. The molecular weight excluding hydrogens is 392 g/mol. The Labute approximate surface area is 172 Å². The molecule has 0 amide bonds. The van der Waals surface area contributed by atoms with Gasteiger partial charge in [-0.2, -0.15) is 0 Å². The maximum Gasteiger partial charge on any atom is 0.307 e. The van der Waals surface area contributed by atoms with E-state index in [0.717, 1.165) is 12.8 Å². The van der Waals surface area contributed by atoms with E-state index in [-0.39, 0.29) is 29.5 Å². The van der Waals surface area contributed by atoms with E-state index in [9.17, 15) is 9.59 Å². The molecule has 2 aliphatic carbocycles. The average Bonchev–Trinajstić information content (AvgIpc) is 3.26. The van der Waals surface area contributed by atoms with Gasteiger partial charge in [-0.15, -0.1) is 0 Å². The van der Waals surface area contributed by atoms with Crippen molar-refractivity contribution in [2.45, 2.75) is 45.1 Å². The van der Waals surface area contributed by atoms with E-state index in [1.165, 1.54) is 0 Å². The van der Waals surface area contributed by atoms with Crippen molar-refractivity contribution < 1.29 is 45.4 Å². The summed E-state index contributed by atoms with van der Waals surface area (Å²) in [7, 11) is 0. The van der Waals surface area contributed by atoms with Crippen LogP contribution in [-0.2, 0) is 45.4 Å². The summed E-state index contributed by atoms with van der Waals surface area (Å²) >= 11 is 0. The Bertz CT molecular complexity index is 493. The molecule has 2 unspecified atom stereocenters. The monoisotopic (exact) mass is 418 g/mol. The number of carbonyl (C=O) groups is 2. The Hall–Kier alpha value is -1.42. The summed E-state index contributed by atoms with van der Waals surface area (Å²) in [4.78, 5) is 23.8. The van der Waals surface area contributed by atoms with E-state index < -0.39 is 17.5 Å². The molecule has 7 heteroatoms. The van der Waals surface area contributed by atoms with Gasteiger partial charge in [-0.1, -0.05) is 30.7 Å². The molecule has 2 aliphatic rings. The first kappa shape index (κ1) is 30.3. The fraction of sp³-hybridized carbons (Fsp3) is 0.500. The van der Waals surface area contributed by atoms with Crippen molar-refractivity contribution in [3.05, 3.63) is 50.9 Å². The van der Waals surface area contributed by atoms with Crippen LogP contribution in [0.4, 0.5) is 0 Å². The summed E-state index contributed by atoms with van der Waals surface area (Å²) in [6.45, 7) is 17.0. The molecule has 1 saturated carbocycles. The number of rotatable bonds is 5. The van der Waals surface area contributed by atoms with Crippen molar-refractivity contribution in [1.82, 2.24) is 0 Å². The zero-order valence-electron chi connectivity index (χ0n) is 15.7. The Morgan fingerprint density at radius 2 is 1.70 bits per heavy atom. The molecule has 151 valence electrons. The number of hydrogen-bond acceptors (Lipinski definition) is 4. The number of ether oxygens (including phenoxy) is 2. The fourth-order valence-corrected chi connectivity index (χ4v) is 2.61. The van der Waals surface area contributed by atoms with Gasteiger partial charge in [-0.05, 0) is 26.7 Å². The minimum Gasteiger partial charge on any atom is -0.466 e. The maximum absolute atomic E-state index is 11.9. The van der Waals surface area contributed by atoms with Gasteiger partial charge < -0.3 is 9.47 Å². The van der Waals surface area contributed by atoms with Gasteiger partial charge in [-0.25, -0.2) is 0 Å². The molecule has 0 aromatic heterocycles. The Balaban J connectivity index is -0.000000482. The molecule has 0 aromatic carbocycles. The van der Waals surface area contributed by atoms with Crippen molar-refractivity contribution in [2.24, 2.45) is 5.92 Å². The zero-order valence-corrected chi connectivity index (χ0v) is 16.8. The van der Waals surface area contributed by atoms with Crippen LogP contribution in [0.15, 0.2) is 24.3 Å². The first-order valence-corrected chi connectivity index (χ1v) is 8.33. The van der Waals surface area contributed by atoms with Crippen LogP contribution in [0.5, 0.6) is 0 Å². The minimum absolute atomic E-state index is 0. The standard InChI is InChI=1S/C13H21O4.C5H5.2CO.Fe/c1-4-16-12(15)13(3,17-5-2)10-8-6-7-9-11(10)14;1-2-4-5-3-1;2*1-2;/h10H,3-9H2,1-2H3;1-5H;;;/q-1;;;;. The molecule has 1 radical (unpaired) electrons. The molecule has 2 rings (SSSR count). The Morgan fingerprint density at radius 3 is 2.07 bits per heavy atom. The second-order valence-electron chi connectivity index (χ2n) is 5.27. The summed E-state index contributed by atoms with van der Waals surface area (Å²) < 4.78 is 25.4. The summed E-state index contributed by atoms with van der Waals surface area (Å²) in [5, 5.41) is 0. The van der Waals surface area contributed by atoms with Gasteiger partial charge >= 0.3 is 28.6 Å². The summed E-state index contributed by atoms with van der Waals surface area (Å²) in [6.07, 6.45) is 13.0. The van der Waals surface area contributed by atoms with Crippen LogP contribution in [0.1, 0.15) is 39.5 Å². The Kier molecular flexibility index (Phi) is 21.7. The predicted octanol–water partition coefficient (Wildman–Crippen LogP) is 3.16. The SMILES string of the molecule is [C-]#[O+].[C-]#[O+].[CH2-]C(OCC)(C(=O)OCC)C1CCCCC1=O.[CH]1C=CC=C1.[Fe]. The smallest absolute Gasteiger partial charge is 0.307 e. The van der Waals surface area contributed by atoms with Gasteiger partial charge in [0.15, 0.2) is 0 Å². The molecule has 27 heavy (non-hydrogen) atoms. The summed E-state index contributed by atoms with van der Waals surface area (Å²) in [5.74, 6) is -0.926. The van der Waals surface area contributed by atoms with Crippen LogP contribution in [0, 0.1) is 32.6 Å². The topological polar surface area (TPSA) is 92.4 Å². The molecule has 6 nitrogen and oxygen atoms in total. The third-order valence-corrected chi connectivity index (χ3v) is 3.70. The van der Waals surface area contributed by atoms with Crippen molar-refractivity contribution in [3.8, 4) is 0 Å². The van der Waals surface area contributed by atoms with Gasteiger partial charge in [0.05, 0.1) is 12.2 Å². The van der Waals surface area contributed by atoms with E-state index in [1.54, 1.807) is 13.8 Å². The van der Waals surface area contributed by atoms with Crippen LogP contribution < -0.4 is 0 Å². The zero-order chi connectivity index (χ0) is 20.4. The molecule has 0 aliphatic heterocycles. The van der Waals surface area contributed by atoms with E-state index in [2.05, 4.69) is 20.2 Å². The summed E-state index contributed by atoms with van der Waals surface area (Å²) in [5.41, 5.74) is -1.36. The first-order valence-electron chi connectivity index (χ1n) is 8.33. The largest absolute Gasteiger partial charge is 0.466 e. The molecule has 1 fully saturated rings. The van der Waals surface area contributed by atoms with Gasteiger partial charge in [0.1, 0.15) is 5.78 Å². The third kappa shape index (κ3) is 11.1. The molecule has 0 saturated heterocycles. The van der Waals surface area contributed by atoms with Gasteiger partial charge in [0, 0.05) is 42.4 Å². The Morgan fingerprint density at radius 1 is 1.15 bits per heavy atom. The predicted molar refractivity (Wildman–Crippen MR) is 93.8 cm³/mol. The van der Waals surface area contributed by atoms with Gasteiger partial charge in [-0.3, -0.25) is 16.5 Å². The number of carbonyl (C=O) groups excluding carboxylic acids is 2. The number of Topliss-reactive ketones (excluding diaryl/α,β-unsaturated/α-hetero) is 1. The number of esters is 1. The molecular formula is C20H26FeO6-. The maximum atomic E-state index is 11.9. The third-order valence-electron chi connectivity index (χ3n) is 3.70. The summed E-state index contributed by atoms with van der Waals surface area (Å²) in [6, 6.07) is 0. The van der Waals surface area contributed by atoms with Crippen molar-refractivity contribution >= 4 is 11.8 Å². The van der Waals surface area contributed by atoms with E-state index in [4.69, 9.17) is 18.8 Å². The van der Waals surface area contributed by atoms with Crippen molar-refractivity contribution in [1.29, 1.82) is 0 Å². The molecule has 0 heterocycles. The second-order valence-corrected chi connectivity index (χ2v) is 5.27. The molecule has 0 bridgehead atoms. The molecule has 0 N–H and O–H groups in total. The van der Waals surface area contributed by atoms with Crippen LogP contribution >= 0.6 is 0 Å². The number of allylic oxidation sites excluding steroid dienone is 4. The van der Waals surface area contributed by atoms with Gasteiger partial charge in [0.25, 0.3) is 0 Å². The van der Waals surface area contributed by atoms with Crippen LogP contribution in [-0.4, -0.2) is 30.6 Å². The van der Waals surface area contributed by atoms with Gasteiger partial charge in [0.2, 0.25) is 0 Å². The molecule has 0 spiro atoms. The fourth-order valence-electron chi connectivity index (χ4n) is 2.61. The van der Waals surface area contributed by atoms with Crippen LogP contribution in [0.2, 0.25) is 0 Å². The molecule has 0 aromatic rings. The quantitative estimate of drug-likeness (QED) is 0.297. The van der Waals surface area contributed by atoms with Crippen LogP contribution in [0.3, 0.4) is 0 Å². The minimum atomic E-state index is -1.36. The first-order chi connectivity index (χ1) is 12.6. The average molecular weight is 418 g/mol. The normalized spacial score (nSPS) is 18.6. The van der Waals surface area contributed by atoms with Crippen molar-refractivity contribution in [2.75, 3.05) is 13.2 Å². The van der Waals surface area contributed by atoms with E-state index in [1.807, 2.05) is 30.7 Å². The van der Waals surface area contributed by atoms with Crippen LogP contribution in [0.25, 0.3) is 0 Å². The van der Waals surface area contributed by atoms with E-state index in [0.29, 0.717) is 19.4 Å². The second kappa shape index (κ2) is 19.3. The number of hydrogen-bond donors (Lipinski definition) is 0.